The van der Waals surface area contributed by atoms with Crippen LogP contribution in [0.3, 0.4) is 0 Å². The third-order valence-electron chi connectivity index (χ3n) is 2.17. The van der Waals surface area contributed by atoms with Gasteiger partial charge in [0, 0.05) is 7.05 Å². The van der Waals surface area contributed by atoms with Crippen LogP contribution in [0.2, 0.25) is 0 Å². The summed E-state index contributed by atoms with van der Waals surface area (Å²) < 4.78 is 10.5. The molecule has 0 aliphatic carbocycles. The van der Waals surface area contributed by atoms with Crippen molar-refractivity contribution in [2.24, 2.45) is 0 Å². The lowest BCUT2D eigenvalue weighted by Gasteiger charge is -2.25. The Balaban J connectivity index is 4.68. The van der Waals surface area contributed by atoms with Crippen LogP contribution >= 0.6 is 0 Å². The molecule has 0 rings (SSSR count). The Morgan fingerprint density at radius 3 is 2.20 bits per heavy atom. The first-order valence-corrected chi connectivity index (χ1v) is 6.49. The van der Waals surface area contributed by atoms with Crippen LogP contribution in [-0.4, -0.2) is 55.6 Å². The Morgan fingerprint density at radius 1 is 1.25 bits per heavy atom. The first kappa shape index (κ1) is 18.7. The molecule has 0 aliphatic heterocycles. The second kappa shape index (κ2) is 8.06. The second-order valence-electron chi connectivity index (χ2n) is 5.60. The van der Waals surface area contributed by atoms with Crippen molar-refractivity contribution in [2.45, 2.75) is 52.4 Å². The summed E-state index contributed by atoms with van der Waals surface area (Å²) in [6.45, 7) is 8.97. The Labute approximate surface area is 120 Å². The number of rotatable bonds is 6. The van der Waals surface area contributed by atoms with Crippen LogP contribution in [0.4, 0.5) is 4.79 Å². The monoisotopic (exact) mass is 290 g/mol. The van der Waals surface area contributed by atoms with Crippen LogP contribution < -0.4 is 5.32 Å². The van der Waals surface area contributed by atoms with Crippen molar-refractivity contribution in [1.82, 2.24) is 10.4 Å². The lowest BCUT2D eigenvalue weighted by molar-refractivity contribution is -0.172. The van der Waals surface area contributed by atoms with Gasteiger partial charge in [-0.25, -0.2) is 9.86 Å². The van der Waals surface area contributed by atoms with E-state index in [0.29, 0.717) is 0 Å². The highest BCUT2D eigenvalue weighted by Crippen LogP contribution is 2.07. The average Bonchev–Trinajstić information content (AvgIpc) is 2.29. The first-order valence-electron chi connectivity index (χ1n) is 6.49. The number of ether oxygens (including phenoxy) is 2. The number of likely N-dealkylation sites (N-methyl/N-ethyl adjacent to an activating group) is 1. The Bertz CT molecular complexity index is 325. The van der Waals surface area contributed by atoms with Gasteiger partial charge >= 0.3 is 6.09 Å². The summed E-state index contributed by atoms with van der Waals surface area (Å²) in [6.07, 6.45) is -0.730. The maximum absolute atomic E-state index is 12.0. The van der Waals surface area contributed by atoms with Crippen molar-refractivity contribution in [3.8, 4) is 0 Å². The zero-order chi connectivity index (χ0) is 15.9. The molecule has 0 aromatic carbocycles. The molecule has 0 fully saturated rings. The van der Waals surface area contributed by atoms with Gasteiger partial charge < -0.3 is 14.8 Å². The fourth-order valence-electron chi connectivity index (χ4n) is 1.22. The maximum Gasteiger partial charge on any atom is 0.408 e. The smallest absolute Gasteiger partial charge is 0.408 e. The van der Waals surface area contributed by atoms with Gasteiger partial charge in [0.15, 0.2) is 0 Å². The third kappa shape index (κ3) is 7.96. The van der Waals surface area contributed by atoms with Crippen molar-refractivity contribution in [3.63, 3.8) is 0 Å². The van der Waals surface area contributed by atoms with E-state index in [1.165, 1.54) is 14.2 Å². The quantitative estimate of drug-likeness (QED) is 0.747. The fourth-order valence-corrected chi connectivity index (χ4v) is 1.22. The molecule has 118 valence electrons. The molecule has 0 saturated heterocycles. The normalized spacial score (nSPS) is 13.0. The Morgan fingerprint density at radius 2 is 1.80 bits per heavy atom. The number of hydrogen-bond donors (Lipinski definition) is 1. The molecule has 0 aromatic rings. The van der Waals surface area contributed by atoms with E-state index >= 15 is 0 Å². The van der Waals surface area contributed by atoms with Crippen molar-refractivity contribution in [2.75, 3.05) is 20.8 Å². The Kier molecular flexibility index (Phi) is 7.52. The van der Waals surface area contributed by atoms with Crippen LogP contribution in [0.1, 0.15) is 34.6 Å². The van der Waals surface area contributed by atoms with Crippen LogP contribution in [0, 0.1) is 0 Å². The second-order valence-corrected chi connectivity index (χ2v) is 5.60. The molecular weight excluding hydrogens is 264 g/mol. The van der Waals surface area contributed by atoms with E-state index in [4.69, 9.17) is 14.3 Å². The molecule has 0 saturated carbocycles. The molecule has 7 heteroatoms. The predicted octanol–water partition coefficient (Wildman–Crippen LogP) is 1.32. The largest absolute Gasteiger partial charge is 0.444 e. The summed E-state index contributed by atoms with van der Waals surface area (Å²) in [5.74, 6) is -0.418. The first-order chi connectivity index (χ1) is 9.06. The number of amides is 2. The number of carbonyl (C=O) groups is 2. The Hall–Kier alpha value is -1.34. The summed E-state index contributed by atoms with van der Waals surface area (Å²) in [6, 6.07) is -0.864. The summed E-state index contributed by atoms with van der Waals surface area (Å²) in [5.41, 5.74) is -0.635. The lowest BCUT2D eigenvalue weighted by atomic mass is 10.2. The number of hydrogen-bond acceptors (Lipinski definition) is 5. The van der Waals surface area contributed by atoms with Gasteiger partial charge in [0.05, 0.1) is 19.8 Å². The number of hydroxylamine groups is 2. The van der Waals surface area contributed by atoms with E-state index < -0.39 is 23.6 Å². The molecule has 2 amide bonds. The van der Waals surface area contributed by atoms with Crippen LogP contribution in [0.15, 0.2) is 0 Å². The van der Waals surface area contributed by atoms with Gasteiger partial charge in [-0.2, -0.15) is 0 Å². The predicted molar refractivity (Wildman–Crippen MR) is 74.0 cm³/mol. The van der Waals surface area contributed by atoms with Gasteiger partial charge in [-0.1, -0.05) is 0 Å². The summed E-state index contributed by atoms with van der Waals surface area (Å²) in [4.78, 5) is 28.6. The van der Waals surface area contributed by atoms with E-state index in [0.717, 1.165) is 5.06 Å². The van der Waals surface area contributed by atoms with E-state index in [1.807, 2.05) is 13.8 Å². The van der Waals surface area contributed by atoms with Crippen LogP contribution in [-0.2, 0) is 19.1 Å². The molecule has 0 radical (unpaired) electrons. The molecular formula is C13H26N2O5. The molecule has 20 heavy (non-hydrogen) atoms. The number of nitrogens with one attached hydrogen (secondary N) is 1. The number of alkyl carbamates (subject to hydrolysis) is 1. The van der Waals surface area contributed by atoms with Crippen molar-refractivity contribution < 1.29 is 23.9 Å². The highest BCUT2D eigenvalue weighted by Gasteiger charge is 2.27. The highest BCUT2D eigenvalue weighted by atomic mass is 16.7. The van der Waals surface area contributed by atoms with Crippen LogP contribution in [0.5, 0.6) is 0 Å². The molecule has 0 aromatic heterocycles. The van der Waals surface area contributed by atoms with E-state index in [9.17, 15) is 9.59 Å². The number of nitrogens with zero attached hydrogens (tertiary/aromatic N) is 1. The molecule has 1 unspecified atom stereocenters. The minimum Gasteiger partial charge on any atom is -0.444 e. The standard InChI is InChI=1S/C13H26N2O5/c1-9(2)19-8-10(11(16)15(6)18-7)14-12(17)20-13(3,4)5/h9-10H,8H2,1-7H3,(H,14,17). The van der Waals surface area contributed by atoms with E-state index in [2.05, 4.69) is 5.32 Å². The van der Waals surface area contributed by atoms with Crippen molar-refractivity contribution >= 4 is 12.0 Å². The third-order valence-corrected chi connectivity index (χ3v) is 2.17. The zero-order valence-electron chi connectivity index (χ0n) is 13.4. The van der Waals surface area contributed by atoms with E-state index in [1.54, 1.807) is 20.8 Å². The molecule has 0 heterocycles. The van der Waals surface area contributed by atoms with Gasteiger partial charge in [0.25, 0.3) is 5.91 Å². The summed E-state index contributed by atoms with van der Waals surface area (Å²) >= 11 is 0. The van der Waals surface area contributed by atoms with Crippen LogP contribution in [0.25, 0.3) is 0 Å². The van der Waals surface area contributed by atoms with Crippen molar-refractivity contribution in [3.05, 3.63) is 0 Å². The van der Waals surface area contributed by atoms with Gasteiger partial charge in [-0.3, -0.25) is 9.63 Å². The summed E-state index contributed by atoms with van der Waals surface area (Å²) in [5, 5.41) is 3.52. The summed E-state index contributed by atoms with van der Waals surface area (Å²) in [7, 11) is 2.83. The van der Waals surface area contributed by atoms with Gasteiger partial charge in [-0.15, -0.1) is 0 Å². The molecule has 7 nitrogen and oxygen atoms in total. The zero-order valence-corrected chi connectivity index (χ0v) is 13.4. The molecule has 1 atom stereocenters. The molecule has 0 aliphatic rings. The maximum atomic E-state index is 12.0. The minimum atomic E-state index is -0.864. The SMILES string of the molecule is CON(C)C(=O)C(COC(C)C)NC(=O)OC(C)(C)C. The van der Waals surface area contributed by atoms with Crippen molar-refractivity contribution in [1.29, 1.82) is 0 Å². The van der Waals surface area contributed by atoms with Gasteiger partial charge in [0.2, 0.25) is 0 Å². The molecule has 1 N–H and O–H groups in total. The van der Waals surface area contributed by atoms with Gasteiger partial charge in [0.1, 0.15) is 11.6 Å². The topological polar surface area (TPSA) is 77.1 Å². The molecule has 0 bridgehead atoms. The number of carbonyl (C=O) groups excluding carboxylic acids is 2. The van der Waals surface area contributed by atoms with E-state index in [-0.39, 0.29) is 12.7 Å². The highest BCUT2D eigenvalue weighted by molar-refractivity contribution is 5.85. The molecule has 0 spiro atoms. The average molecular weight is 290 g/mol. The fraction of sp³-hybridized carbons (Fsp3) is 0.846. The lowest BCUT2D eigenvalue weighted by Crippen LogP contribution is -2.51. The van der Waals surface area contributed by atoms with Gasteiger partial charge in [-0.05, 0) is 34.6 Å². The minimum absolute atomic E-state index is 0.0451.